The Bertz CT molecular complexity index is 289. The molecule has 1 rings (SSSR count). The Labute approximate surface area is 111 Å². The van der Waals surface area contributed by atoms with Crippen molar-refractivity contribution in [2.75, 3.05) is 26.2 Å². The molecule has 0 bridgehead atoms. The molecular weight excluding hydrogens is 224 g/mol. The zero-order valence-electron chi connectivity index (χ0n) is 11.7. The zero-order valence-corrected chi connectivity index (χ0v) is 11.7. The minimum absolute atomic E-state index is 0.216. The number of carbonyl (C=O) groups excluding carboxylic acids is 1. The number of hydrogen-bond acceptors (Lipinski definition) is 2. The molecule has 1 saturated heterocycles. The Morgan fingerprint density at radius 1 is 1.61 bits per heavy atom. The number of nitrogens with zero attached hydrogens (tertiary/aromatic N) is 1. The van der Waals surface area contributed by atoms with E-state index in [1.54, 1.807) is 0 Å². The van der Waals surface area contributed by atoms with Crippen molar-refractivity contribution in [1.82, 2.24) is 10.2 Å². The largest absolute Gasteiger partial charge is 0.332 e. The molecule has 102 valence electrons. The molecule has 0 aromatic carbocycles. The van der Waals surface area contributed by atoms with Gasteiger partial charge in [-0.2, -0.15) is 0 Å². The van der Waals surface area contributed by atoms with Gasteiger partial charge in [0.15, 0.2) is 0 Å². The van der Waals surface area contributed by atoms with E-state index in [1.807, 2.05) is 4.90 Å². The molecule has 0 aromatic heterocycles. The van der Waals surface area contributed by atoms with E-state index in [0.717, 1.165) is 26.1 Å². The Balaban J connectivity index is 2.43. The third-order valence-corrected chi connectivity index (χ3v) is 3.76. The van der Waals surface area contributed by atoms with Crippen LogP contribution in [0.1, 0.15) is 39.5 Å². The molecule has 0 aliphatic carbocycles. The molecule has 1 heterocycles. The average molecular weight is 250 g/mol. The van der Waals surface area contributed by atoms with Crippen molar-refractivity contribution in [2.24, 2.45) is 11.8 Å². The van der Waals surface area contributed by atoms with Crippen molar-refractivity contribution in [2.45, 2.75) is 39.5 Å². The molecule has 0 aromatic rings. The molecule has 2 unspecified atom stereocenters. The van der Waals surface area contributed by atoms with Gasteiger partial charge in [0, 0.05) is 13.0 Å². The highest BCUT2D eigenvalue weighted by Crippen LogP contribution is 2.23. The van der Waals surface area contributed by atoms with Gasteiger partial charge < -0.3 is 10.2 Å². The highest BCUT2D eigenvalue weighted by atomic mass is 16.2. The summed E-state index contributed by atoms with van der Waals surface area (Å²) in [6.07, 6.45) is 9.38. The molecule has 18 heavy (non-hydrogen) atoms. The van der Waals surface area contributed by atoms with Gasteiger partial charge in [-0.05, 0) is 44.2 Å². The van der Waals surface area contributed by atoms with E-state index in [-0.39, 0.29) is 5.91 Å². The fourth-order valence-corrected chi connectivity index (χ4v) is 2.61. The number of amides is 1. The SMILES string of the molecule is C#CCN(CCC)C(=O)CC(C)C1CCCNC1. The summed E-state index contributed by atoms with van der Waals surface area (Å²) < 4.78 is 0. The first-order chi connectivity index (χ1) is 8.69. The lowest BCUT2D eigenvalue weighted by molar-refractivity contribution is -0.132. The smallest absolute Gasteiger partial charge is 0.223 e. The standard InChI is InChI=1S/C15H26N2O/c1-4-9-17(10-5-2)15(18)11-13(3)14-7-6-8-16-12-14/h1,13-14,16H,5-12H2,2-3H3. The molecular formula is C15H26N2O. The molecule has 0 saturated carbocycles. The third kappa shape index (κ3) is 4.70. The second-order valence-corrected chi connectivity index (χ2v) is 5.31. The lowest BCUT2D eigenvalue weighted by Gasteiger charge is -2.29. The second kappa shape index (κ2) is 8.16. The van der Waals surface area contributed by atoms with Gasteiger partial charge in [0.1, 0.15) is 0 Å². The van der Waals surface area contributed by atoms with Crippen LogP contribution < -0.4 is 5.32 Å². The van der Waals surface area contributed by atoms with Gasteiger partial charge in [-0.3, -0.25) is 4.79 Å². The van der Waals surface area contributed by atoms with E-state index >= 15 is 0 Å². The summed E-state index contributed by atoms with van der Waals surface area (Å²) in [6.45, 7) is 7.66. The monoisotopic (exact) mass is 250 g/mol. The van der Waals surface area contributed by atoms with Crippen LogP contribution in [0.5, 0.6) is 0 Å². The van der Waals surface area contributed by atoms with Crippen molar-refractivity contribution in [3.8, 4) is 12.3 Å². The number of terminal acetylenes is 1. The van der Waals surface area contributed by atoms with Gasteiger partial charge in [-0.25, -0.2) is 0 Å². The Hall–Kier alpha value is -1.01. The van der Waals surface area contributed by atoms with Crippen molar-refractivity contribution in [3.63, 3.8) is 0 Å². The highest BCUT2D eigenvalue weighted by Gasteiger charge is 2.23. The van der Waals surface area contributed by atoms with Crippen LogP contribution in [0.2, 0.25) is 0 Å². The van der Waals surface area contributed by atoms with Crippen LogP contribution in [-0.2, 0) is 4.79 Å². The topological polar surface area (TPSA) is 32.3 Å². The first-order valence-corrected chi connectivity index (χ1v) is 7.11. The highest BCUT2D eigenvalue weighted by molar-refractivity contribution is 5.76. The number of hydrogen-bond donors (Lipinski definition) is 1. The summed E-state index contributed by atoms with van der Waals surface area (Å²) in [5.41, 5.74) is 0. The first-order valence-electron chi connectivity index (χ1n) is 7.11. The van der Waals surface area contributed by atoms with E-state index in [4.69, 9.17) is 6.42 Å². The summed E-state index contributed by atoms with van der Waals surface area (Å²) >= 11 is 0. The van der Waals surface area contributed by atoms with Crippen LogP contribution in [-0.4, -0.2) is 37.0 Å². The lowest BCUT2D eigenvalue weighted by atomic mass is 9.85. The van der Waals surface area contributed by atoms with Crippen LogP contribution in [0.25, 0.3) is 0 Å². The Morgan fingerprint density at radius 3 is 2.94 bits per heavy atom. The predicted octanol–water partition coefficient (Wildman–Crippen LogP) is 1.88. The summed E-state index contributed by atoms with van der Waals surface area (Å²) in [5.74, 6) is 3.88. The van der Waals surface area contributed by atoms with Crippen LogP contribution in [0, 0.1) is 24.2 Å². The minimum atomic E-state index is 0.216. The van der Waals surface area contributed by atoms with Crippen molar-refractivity contribution in [3.05, 3.63) is 0 Å². The molecule has 3 heteroatoms. The average Bonchev–Trinajstić information content (AvgIpc) is 2.39. The first kappa shape index (κ1) is 15.0. The van der Waals surface area contributed by atoms with Crippen molar-refractivity contribution < 1.29 is 4.79 Å². The van der Waals surface area contributed by atoms with Crippen LogP contribution in [0.15, 0.2) is 0 Å². The van der Waals surface area contributed by atoms with Crippen LogP contribution >= 0.6 is 0 Å². The maximum atomic E-state index is 12.2. The maximum absolute atomic E-state index is 12.2. The van der Waals surface area contributed by atoms with Gasteiger partial charge in [-0.1, -0.05) is 19.8 Å². The van der Waals surface area contributed by atoms with E-state index in [2.05, 4.69) is 25.1 Å². The molecule has 1 amide bonds. The zero-order chi connectivity index (χ0) is 13.4. The summed E-state index contributed by atoms with van der Waals surface area (Å²) in [4.78, 5) is 14.0. The van der Waals surface area contributed by atoms with E-state index < -0.39 is 0 Å². The maximum Gasteiger partial charge on any atom is 0.223 e. The summed E-state index contributed by atoms with van der Waals surface area (Å²) in [5, 5.41) is 3.41. The number of nitrogens with one attached hydrogen (secondary N) is 1. The molecule has 3 nitrogen and oxygen atoms in total. The third-order valence-electron chi connectivity index (χ3n) is 3.76. The Kier molecular flexibility index (Phi) is 6.82. The van der Waals surface area contributed by atoms with Gasteiger partial charge >= 0.3 is 0 Å². The van der Waals surface area contributed by atoms with Crippen LogP contribution in [0.4, 0.5) is 0 Å². The number of carbonyl (C=O) groups is 1. The van der Waals surface area contributed by atoms with Crippen molar-refractivity contribution >= 4 is 5.91 Å². The minimum Gasteiger partial charge on any atom is -0.332 e. The van der Waals surface area contributed by atoms with Crippen LogP contribution in [0.3, 0.4) is 0 Å². The van der Waals surface area contributed by atoms with Gasteiger partial charge in [-0.15, -0.1) is 6.42 Å². The molecule has 0 radical (unpaired) electrons. The molecule has 2 atom stereocenters. The fraction of sp³-hybridized carbons (Fsp3) is 0.800. The molecule has 0 spiro atoms. The van der Waals surface area contributed by atoms with E-state index in [0.29, 0.717) is 24.8 Å². The molecule has 1 N–H and O–H groups in total. The number of rotatable bonds is 6. The molecule has 1 fully saturated rings. The van der Waals surface area contributed by atoms with Gasteiger partial charge in [0.05, 0.1) is 6.54 Å². The molecule has 1 aliphatic heterocycles. The normalized spacial score (nSPS) is 21.1. The fourth-order valence-electron chi connectivity index (χ4n) is 2.61. The Morgan fingerprint density at radius 2 is 2.39 bits per heavy atom. The van der Waals surface area contributed by atoms with E-state index in [1.165, 1.54) is 12.8 Å². The summed E-state index contributed by atoms with van der Waals surface area (Å²) in [7, 11) is 0. The second-order valence-electron chi connectivity index (χ2n) is 5.31. The quantitative estimate of drug-likeness (QED) is 0.730. The summed E-state index contributed by atoms with van der Waals surface area (Å²) in [6, 6.07) is 0. The van der Waals surface area contributed by atoms with Gasteiger partial charge in [0.25, 0.3) is 0 Å². The van der Waals surface area contributed by atoms with Gasteiger partial charge in [0.2, 0.25) is 5.91 Å². The molecule has 1 aliphatic rings. The lowest BCUT2D eigenvalue weighted by Crippen LogP contribution is -2.37. The van der Waals surface area contributed by atoms with Crippen molar-refractivity contribution in [1.29, 1.82) is 0 Å². The predicted molar refractivity (Wildman–Crippen MR) is 75.1 cm³/mol. The number of piperidine rings is 1. The van der Waals surface area contributed by atoms with E-state index in [9.17, 15) is 4.79 Å².